The third-order valence-corrected chi connectivity index (χ3v) is 10.2. The second-order valence-electron chi connectivity index (χ2n) is 15.4. The van der Waals surface area contributed by atoms with Gasteiger partial charge in [0.15, 0.2) is 0 Å². The molecule has 2 fully saturated rings. The standard InChI is InChI=1S/C36H51N3O5/c1-9-35-17-13-19-37(21-25-15-11-10-12-16-25)30(41)27(35)28-31(42)39(26(22-40)24(2)3)29-32(43)38(20-14-18-36(28,29)44-35)34(7,8)23-33(4,5)6/h10-18,24,26-29,40H,9,19-23H2,1-8H3/t26-,27+,28-,29?,35-,36-/m0/s1. The van der Waals surface area contributed by atoms with E-state index in [1.165, 1.54) is 0 Å². The minimum absolute atomic E-state index is 0.0421. The Morgan fingerprint density at radius 2 is 1.59 bits per heavy atom. The third kappa shape index (κ3) is 5.22. The first-order valence-corrected chi connectivity index (χ1v) is 16.3. The Morgan fingerprint density at radius 1 is 0.932 bits per heavy atom. The number of rotatable bonds is 8. The third-order valence-electron chi connectivity index (χ3n) is 10.2. The summed E-state index contributed by atoms with van der Waals surface area (Å²) in [6.45, 7) is 17.4. The molecule has 0 aromatic heterocycles. The van der Waals surface area contributed by atoms with Gasteiger partial charge in [-0.3, -0.25) is 14.4 Å². The van der Waals surface area contributed by atoms with E-state index in [2.05, 4.69) is 34.6 Å². The molecule has 5 rings (SSSR count). The summed E-state index contributed by atoms with van der Waals surface area (Å²) < 4.78 is 7.14. The molecule has 240 valence electrons. The Labute approximate surface area is 263 Å². The van der Waals surface area contributed by atoms with Crippen LogP contribution in [0.3, 0.4) is 0 Å². The molecule has 44 heavy (non-hydrogen) atoms. The highest BCUT2D eigenvalue weighted by atomic mass is 16.5. The Kier molecular flexibility index (Phi) is 8.43. The van der Waals surface area contributed by atoms with Crippen LogP contribution >= 0.6 is 0 Å². The summed E-state index contributed by atoms with van der Waals surface area (Å²) in [5.74, 6) is -2.46. The van der Waals surface area contributed by atoms with Gasteiger partial charge in [-0.25, -0.2) is 0 Å². The van der Waals surface area contributed by atoms with Crippen LogP contribution in [0.4, 0.5) is 0 Å². The number of nitrogens with zero attached hydrogens (tertiary/aromatic N) is 3. The molecule has 0 saturated carbocycles. The van der Waals surface area contributed by atoms with E-state index >= 15 is 0 Å². The summed E-state index contributed by atoms with van der Waals surface area (Å²) in [6.07, 6.45) is 9.05. The minimum atomic E-state index is -1.35. The zero-order valence-electron chi connectivity index (χ0n) is 27.7. The van der Waals surface area contributed by atoms with Crippen molar-refractivity contribution >= 4 is 17.7 Å². The zero-order chi connectivity index (χ0) is 32.2. The second-order valence-corrected chi connectivity index (χ2v) is 15.4. The van der Waals surface area contributed by atoms with Crippen LogP contribution < -0.4 is 0 Å². The van der Waals surface area contributed by atoms with E-state index in [0.29, 0.717) is 26.1 Å². The maximum absolute atomic E-state index is 15.0. The number of fused-ring (bicyclic) bond motifs is 2. The van der Waals surface area contributed by atoms with E-state index in [1.54, 1.807) is 9.80 Å². The van der Waals surface area contributed by atoms with Crippen LogP contribution in [-0.4, -0.2) is 86.0 Å². The first-order valence-electron chi connectivity index (χ1n) is 16.3. The highest BCUT2D eigenvalue weighted by Gasteiger charge is 2.76. The number of benzene rings is 1. The molecule has 4 aliphatic rings. The predicted molar refractivity (Wildman–Crippen MR) is 170 cm³/mol. The number of ether oxygens (including phenoxy) is 1. The fourth-order valence-electron chi connectivity index (χ4n) is 8.61. The zero-order valence-corrected chi connectivity index (χ0v) is 27.7. The summed E-state index contributed by atoms with van der Waals surface area (Å²) in [5.41, 5.74) is -1.94. The monoisotopic (exact) mass is 605 g/mol. The fraction of sp³-hybridized carbons (Fsp3) is 0.639. The van der Waals surface area contributed by atoms with Gasteiger partial charge >= 0.3 is 0 Å². The summed E-state index contributed by atoms with van der Waals surface area (Å²) in [7, 11) is 0. The summed E-state index contributed by atoms with van der Waals surface area (Å²) in [4.78, 5) is 49.8. The average molecular weight is 606 g/mol. The molecule has 1 unspecified atom stereocenters. The van der Waals surface area contributed by atoms with Crippen molar-refractivity contribution < 1.29 is 24.2 Å². The molecule has 4 heterocycles. The second kappa shape index (κ2) is 11.4. The summed E-state index contributed by atoms with van der Waals surface area (Å²) in [5, 5.41) is 10.6. The quantitative estimate of drug-likeness (QED) is 0.439. The summed E-state index contributed by atoms with van der Waals surface area (Å²) in [6, 6.07) is 8.24. The molecule has 3 amide bonds. The van der Waals surface area contributed by atoms with Crippen molar-refractivity contribution in [1.29, 1.82) is 0 Å². The van der Waals surface area contributed by atoms with Crippen LogP contribution in [0.25, 0.3) is 0 Å². The number of hydrogen-bond acceptors (Lipinski definition) is 5. The van der Waals surface area contributed by atoms with E-state index < -0.39 is 40.7 Å². The average Bonchev–Trinajstić information content (AvgIpc) is 3.22. The van der Waals surface area contributed by atoms with Crippen molar-refractivity contribution in [2.24, 2.45) is 23.2 Å². The van der Waals surface area contributed by atoms with Crippen molar-refractivity contribution in [3.8, 4) is 0 Å². The molecule has 0 bridgehead atoms. The lowest BCUT2D eigenvalue weighted by Gasteiger charge is -2.46. The number of carbonyl (C=O) groups excluding carboxylic acids is 3. The molecular weight excluding hydrogens is 554 g/mol. The van der Waals surface area contributed by atoms with Gasteiger partial charge in [0.05, 0.1) is 30.1 Å². The maximum atomic E-state index is 15.0. The SMILES string of the molecule is CC[C@]12C=CCN(Cc3ccccc3)C(=O)[C@H]1[C@H]1C(=O)N([C@@H](CO)C(C)C)C3C(=O)N(C(C)(C)CC(C)(C)C)CC=C[C@@]31O2. The first-order chi connectivity index (χ1) is 20.6. The maximum Gasteiger partial charge on any atom is 0.249 e. The number of hydrogen-bond donors (Lipinski definition) is 1. The van der Waals surface area contributed by atoms with Gasteiger partial charge in [-0.2, -0.15) is 0 Å². The van der Waals surface area contributed by atoms with Gasteiger partial charge < -0.3 is 24.5 Å². The molecule has 1 aromatic rings. The van der Waals surface area contributed by atoms with Gasteiger partial charge in [-0.15, -0.1) is 0 Å². The predicted octanol–water partition coefficient (Wildman–Crippen LogP) is 4.58. The lowest BCUT2D eigenvalue weighted by atomic mass is 9.72. The molecule has 1 spiro atoms. The van der Waals surface area contributed by atoms with Crippen LogP contribution in [0.1, 0.15) is 73.8 Å². The Hall–Kier alpha value is -2.97. The van der Waals surface area contributed by atoms with Gasteiger partial charge in [-0.1, -0.05) is 96.2 Å². The van der Waals surface area contributed by atoms with Gasteiger partial charge in [0.25, 0.3) is 0 Å². The van der Waals surface area contributed by atoms with Gasteiger partial charge in [0.1, 0.15) is 11.6 Å². The first kappa shape index (κ1) is 32.4. The molecular formula is C36H51N3O5. The van der Waals surface area contributed by atoms with Crippen LogP contribution in [0.2, 0.25) is 0 Å². The highest BCUT2D eigenvalue weighted by molar-refractivity contribution is 6.00. The fourth-order valence-corrected chi connectivity index (χ4v) is 8.61. The van der Waals surface area contributed by atoms with E-state index in [9.17, 15) is 19.5 Å². The molecule has 1 aromatic carbocycles. The van der Waals surface area contributed by atoms with Crippen molar-refractivity contribution in [3.63, 3.8) is 0 Å². The van der Waals surface area contributed by atoms with Gasteiger partial charge in [0, 0.05) is 25.2 Å². The Balaban J connectivity index is 1.65. The van der Waals surface area contributed by atoms with Crippen LogP contribution in [0, 0.1) is 23.2 Å². The van der Waals surface area contributed by atoms with E-state index in [0.717, 1.165) is 12.0 Å². The summed E-state index contributed by atoms with van der Waals surface area (Å²) >= 11 is 0. The molecule has 4 aliphatic heterocycles. The van der Waals surface area contributed by atoms with Crippen molar-refractivity contribution in [2.45, 2.75) is 104 Å². The minimum Gasteiger partial charge on any atom is -0.394 e. The van der Waals surface area contributed by atoms with Crippen molar-refractivity contribution in [3.05, 3.63) is 60.2 Å². The number of amides is 3. The molecule has 0 aliphatic carbocycles. The number of aliphatic hydroxyl groups excluding tert-OH is 1. The molecule has 8 nitrogen and oxygen atoms in total. The van der Waals surface area contributed by atoms with E-state index in [4.69, 9.17) is 4.74 Å². The van der Waals surface area contributed by atoms with E-state index in [1.807, 2.05) is 80.3 Å². The van der Waals surface area contributed by atoms with E-state index in [-0.39, 0.29) is 35.7 Å². The highest BCUT2D eigenvalue weighted by Crippen LogP contribution is 2.59. The largest absolute Gasteiger partial charge is 0.394 e. The Morgan fingerprint density at radius 3 is 2.18 bits per heavy atom. The van der Waals surface area contributed by atoms with Gasteiger partial charge in [0.2, 0.25) is 17.7 Å². The lowest BCUT2D eigenvalue weighted by molar-refractivity contribution is -0.161. The molecule has 6 atom stereocenters. The van der Waals surface area contributed by atoms with Gasteiger partial charge in [-0.05, 0) is 43.6 Å². The van der Waals surface area contributed by atoms with Crippen molar-refractivity contribution in [1.82, 2.24) is 14.7 Å². The smallest absolute Gasteiger partial charge is 0.249 e. The number of aliphatic hydroxyl groups is 1. The number of carbonyl (C=O) groups is 3. The number of likely N-dealkylation sites (tertiary alicyclic amines) is 1. The topological polar surface area (TPSA) is 90.4 Å². The van der Waals surface area contributed by atoms with Crippen LogP contribution in [-0.2, 0) is 25.7 Å². The molecule has 2 saturated heterocycles. The van der Waals surface area contributed by atoms with Crippen LogP contribution in [0.15, 0.2) is 54.6 Å². The van der Waals surface area contributed by atoms with Crippen LogP contribution in [0.5, 0.6) is 0 Å². The normalized spacial score (nSPS) is 31.3. The molecule has 0 radical (unpaired) electrons. The molecule has 8 heteroatoms. The molecule has 1 N–H and O–H groups in total. The lowest BCUT2D eigenvalue weighted by Crippen LogP contribution is -2.62. The van der Waals surface area contributed by atoms with Crippen molar-refractivity contribution in [2.75, 3.05) is 19.7 Å². The Bertz CT molecular complexity index is 1330.